The summed E-state index contributed by atoms with van der Waals surface area (Å²) in [6.07, 6.45) is 0. The zero-order valence-electron chi connectivity index (χ0n) is 10.7. The third kappa shape index (κ3) is 3.08. The Morgan fingerprint density at radius 2 is 2.10 bits per heavy atom. The Balaban J connectivity index is 2.17. The van der Waals surface area contributed by atoms with Crippen molar-refractivity contribution < 1.29 is 19.0 Å². The number of carbonyl (C=O) groups is 1. The van der Waals surface area contributed by atoms with Crippen LogP contribution in [0.4, 0.5) is 4.39 Å². The number of aromatic carboxylic acids is 1. The topological polar surface area (TPSA) is 46.5 Å². The van der Waals surface area contributed by atoms with Crippen molar-refractivity contribution in [3.05, 3.63) is 63.9 Å². The number of rotatable bonds is 4. The van der Waals surface area contributed by atoms with Gasteiger partial charge in [-0.15, -0.1) is 0 Å². The maximum atomic E-state index is 13.0. The highest BCUT2D eigenvalue weighted by atomic mass is 35.5. The smallest absolute Gasteiger partial charge is 0.336 e. The molecule has 0 fully saturated rings. The molecule has 0 heterocycles. The first-order valence-electron chi connectivity index (χ1n) is 5.88. The molecule has 3 nitrogen and oxygen atoms in total. The summed E-state index contributed by atoms with van der Waals surface area (Å²) in [7, 11) is 0. The fourth-order valence-electron chi connectivity index (χ4n) is 1.79. The van der Waals surface area contributed by atoms with E-state index in [4.69, 9.17) is 21.4 Å². The van der Waals surface area contributed by atoms with Crippen molar-refractivity contribution in [3.63, 3.8) is 0 Å². The molecule has 20 heavy (non-hydrogen) atoms. The Hall–Kier alpha value is -2.07. The summed E-state index contributed by atoms with van der Waals surface area (Å²) >= 11 is 5.69. The molecule has 0 saturated carbocycles. The lowest BCUT2D eigenvalue weighted by Gasteiger charge is -2.11. The van der Waals surface area contributed by atoms with Gasteiger partial charge in [0.1, 0.15) is 18.2 Å². The summed E-state index contributed by atoms with van der Waals surface area (Å²) < 4.78 is 18.6. The zero-order chi connectivity index (χ0) is 14.7. The molecular formula is C15H12ClFO3. The first-order valence-corrected chi connectivity index (χ1v) is 6.26. The molecule has 0 radical (unpaired) electrons. The van der Waals surface area contributed by atoms with Gasteiger partial charge in [0.2, 0.25) is 0 Å². The zero-order valence-corrected chi connectivity index (χ0v) is 11.4. The van der Waals surface area contributed by atoms with E-state index in [1.54, 1.807) is 25.1 Å². The van der Waals surface area contributed by atoms with Gasteiger partial charge in [-0.3, -0.25) is 0 Å². The lowest BCUT2D eigenvalue weighted by molar-refractivity contribution is 0.0695. The minimum absolute atomic E-state index is 0.0297. The van der Waals surface area contributed by atoms with Gasteiger partial charge in [-0.05, 0) is 36.8 Å². The molecule has 0 spiro atoms. The fourth-order valence-corrected chi connectivity index (χ4v) is 2.00. The van der Waals surface area contributed by atoms with Crippen LogP contribution in [0.2, 0.25) is 5.02 Å². The first-order chi connectivity index (χ1) is 9.49. The van der Waals surface area contributed by atoms with Gasteiger partial charge in [0, 0.05) is 5.56 Å². The molecule has 2 aromatic carbocycles. The molecule has 2 aromatic rings. The molecule has 104 valence electrons. The molecule has 5 heteroatoms. The number of hydrogen-bond donors (Lipinski definition) is 1. The van der Waals surface area contributed by atoms with Gasteiger partial charge < -0.3 is 9.84 Å². The third-order valence-electron chi connectivity index (χ3n) is 2.89. The number of halogens is 2. The van der Waals surface area contributed by atoms with Gasteiger partial charge in [0.05, 0.1) is 10.6 Å². The molecule has 0 unspecified atom stereocenters. The van der Waals surface area contributed by atoms with Crippen molar-refractivity contribution in [2.45, 2.75) is 13.5 Å². The second-order valence-electron chi connectivity index (χ2n) is 4.27. The monoisotopic (exact) mass is 294 g/mol. The van der Waals surface area contributed by atoms with Crippen LogP contribution in [0.15, 0.2) is 36.4 Å². The van der Waals surface area contributed by atoms with E-state index in [0.717, 1.165) is 0 Å². The van der Waals surface area contributed by atoms with Crippen molar-refractivity contribution in [2.24, 2.45) is 0 Å². The summed E-state index contributed by atoms with van der Waals surface area (Å²) in [6.45, 7) is 1.86. The van der Waals surface area contributed by atoms with E-state index in [1.165, 1.54) is 18.2 Å². The largest absolute Gasteiger partial charge is 0.489 e. The lowest BCUT2D eigenvalue weighted by atomic mass is 10.1. The number of benzene rings is 2. The molecular weight excluding hydrogens is 283 g/mol. The molecule has 0 atom stereocenters. The van der Waals surface area contributed by atoms with Crippen molar-refractivity contribution in [2.75, 3.05) is 0 Å². The maximum absolute atomic E-state index is 13.0. The van der Waals surface area contributed by atoms with Crippen LogP contribution in [0.25, 0.3) is 0 Å². The summed E-state index contributed by atoms with van der Waals surface area (Å²) in [5.41, 5.74) is 1.45. The lowest BCUT2D eigenvalue weighted by Crippen LogP contribution is -2.03. The maximum Gasteiger partial charge on any atom is 0.336 e. The minimum atomic E-state index is -1.00. The fraction of sp³-hybridized carbons (Fsp3) is 0.133. The number of carboxylic acids is 1. The van der Waals surface area contributed by atoms with Crippen LogP contribution in [0.3, 0.4) is 0 Å². The first kappa shape index (κ1) is 14.3. The van der Waals surface area contributed by atoms with Gasteiger partial charge in [-0.1, -0.05) is 23.7 Å². The number of hydrogen-bond acceptors (Lipinski definition) is 2. The summed E-state index contributed by atoms with van der Waals surface area (Å²) in [4.78, 5) is 11.0. The van der Waals surface area contributed by atoms with Crippen LogP contribution in [0.1, 0.15) is 21.5 Å². The SMILES string of the molecule is Cc1c(OCc2ccc(F)c(Cl)c2)cccc1C(=O)O. The van der Waals surface area contributed by atoms with E-state index in [0.29, 0.717) is 16.9 Å². The highest BCUT2D eigenvalue weighted by Crippen LogP contribution is 2.23. The predicted octanol–water partition coefficient (Wildman–Crippen LogP) is 4.06. The third-order valence-corrected chi connectivity index (χ3v) is 3.18. The summed E-state index contributed by atoms with van der Waals surface area (Å²) in [5, 5.41) is 9.06. The van der Waals surface area contributed by atoms with E-state index in [1.807, 2.05) is 0 Å². The summed E-state index contributed by atoms with van der Waals surface area (Å²) in [6, 6.07) is 9.13. The van der Waals surface area contributed by atoms with Crippen LogP contribution in [0, 0.1) is 12.7 Å². The highest BCUT2D eigenvalue weighted by molar-refractivity contribution is 6.30. The average Bonchev–Trinajstić information content (AvgIpc) is 2.41. The molecule has 0 aliphatic heterocycles. The number of ether oxygens (including phenoxy) is 1. The van der Waals surface area contributed by atoms with Crippen LogP contribution >= 0.6 is 11.6 Å². The Kier molecular flexibility index (Phi) is 4.25. The molecule has 0 amide bonds. The molecule has 0 saturated heterocycles. The van der Waals surface area contributed by atoms with Gasteiger partial charge in [0.15, 0.2) is 0 Å². The molecule has 0 bridgehead atoms. The van der Waals surface area contributed by atoms with E-state index in [2.05, 4.69) is 0 Å². The van der Waals surface area contributed by atoms with E-state index in [9.17, 15) is 9.18 Å². The van der Waals surface area contributed by atoms with Crippen LogP contribution in [0.5, 0.6) is 5.75 Å². The predicted molar refractivity (Wildman–Crippen MR) is 73.9 cm³/mol. The Morgan fingerprint density at radius 1 is 1.35 bits per heavy atom. The van der Waals surface area contributed by atoms with Crippen molar-refractivity contribution >= 4 is 17.6 Å². The Labute approximate surface area is 120 Å². The van der Waals surface area contributed by atoms with E-state index < -0.39 is 11.8 Å². The summed E-state index contributed by atoms with van der Waals surface area (Å²) in [5.74, 6) is -1.01. The van der Waals surface area contributed by atoms with Crippen molar-refractivity contribution in [3.8, 4) is 5.75 Å². The van der Waals surface area contributed by atoms with Gasteiger partial charge in [-0.2, -0.15) is 0 Å². The Morgan fingerprint density at radius 3 is 2.75 bits per heavy atom. The van der Waals surface area contributed by atoms with Crippen LogP contribution in [-0.2, 0) is 6.61 Å². The van der Waals surface area contributed by atoms with Gasteiger partial charge in [-0.25, -0.2) is 9.18 Å². The van der Waals surface area contributed by atoms with E-state index in [-0.39, 0.29) is 17.2 Å². The second-order valence-corrected chi connectivity index (χ2v) is 4.68. The molecule has 0 aromatic heterocycles. The number of carboxylic acid groups (broad SMARTS) is 1. The van der Waals surface area contributed by atoms with Crippen LogP contribution < -0.4 is 4.74 Å². The standard InChI is InChI=1S/C15H12ClFO3/c1-9-11(15(18)19)3-2-4-14(9)20-8-10-5-6-13(17)12(16)7-10/h2-7H,8H2,1H3,(H,18,19). The molecule has 1 N–H and O–H groups in total. The Bertz CT molecular complexity index is 656. The molecule has 0 aliphatic rings. The van der Waals surface area contributed by atoms with Gasteiger partial charge >= 0.3 is 5.97 Å². The van der Waals surface area contributed by atoms with Crippen LogP contribution in [-0.4, -0.2) is 11.1 Å². The van der Waals surface area contributed by atoms with Gasteiger partial charge in [0.25, 0.3) is 0 Å². The molecule has 0 aliphatic carbocycles. The second kappa shape index (κ2) is 5.92. The van der Waals surface area contributed by atoms with Crippen molar-refractivity contribution in [1.82, 2.24) is 0 Å². The minimum Gasteiger partial charge on any atom is -0.489 e. The quantitative estimate of drug-likeness (QED) is 0.925. The van der Waals surface area contributed by atoms with E-state index >= 15 is 0 Å². The highest BCUT2D eigenvalue weighted by Gasteiger charge is 2.11. The molecule has 2 rings (SSSR count). The van der Waals surface area contributed by atoms with Crippen molar-refractivity contribution in [1.29, 1.82) is 0 Å². The normalized spacial score (nSPS) is 10.3. The average molecular weight is 295 g/mol.